The molecule has 1 atom stereocenters. The van der Waals surface area contributed by atoms with Crippen LogP contribution in [0.1, 0.15) is 41.5 Å². The second kappa shape index (κ2) is 7.22. The first-order valence-electron chi connectivity index (χ1n) is 9.56. The first-order chi connectivity index (χ1) is 13.5. The Bertz CT molecular complexity index is 899. The molecule has 7 heteroatoms. The van der Waals surface area contributed by atoms with Crippen molar-refractivity contribution in [3.63, 3.8) is 0 Å². The van der Waals surface area contributed by atoms with E-state index in [4.69, 9.17) is 4.74 Å². The second-order valence-electron chi connectivity index (χ2n) is 7.64. The highest BCUT2D eigenvalue weighted by atomic mass is 16.5. The van der Waals surface area contributed by atoms with Crippen LogP contribution in [0.15, 0.2) is 36.7 Å². The van der Waals surface area contributed by atoms with Crippen molar-refractivity contribution in [2.75, 3.05) is 19.6 Å². The van der Waals surface area contributed by atoms with Gasteiger partial charge in [0.05, 0.1) is 25.0 Å². The van der Waals surface area contributed by atoms with Gasteiger partial charge >= 0.3 is 0 Å². The lowest BCUT2D eigenvalue weighted by molar-refractivity contribution is -0.132. The molecule has 4 rings (SSSR count). The lowest BCUT2D eigenvalue weighted by Gasteiger charge is -2.43. The fourth-order valence-electron chi connectivity index (χ4n) is 3.98. The predicted molar refractivity (Wildman–Crippen MR) is 103 cm³/mol. The van der Waals surface area contributed by atoms with Crippen LogP contribution in [-0.4, -0.2) is 56.8 Å². The summed E-state index contributed by atoms with van der Waals surface area (Å²) < 4.78 is 6.48. The Kier molecular flexibility index (Phi) is 4.75. The first-order valence-corrected chi connectivity index (χ1v) is 9.56. The molecule has 2 aromatic rings. The number of rotatable bonds is 1. The van der Waals surface area contributed by atoms with Crippen molar-refractivity contribution in [2.45, 2.75) is 38.8 Å². The van der Waals surface area contributed by atoms with Crippen molar-refractivity contribution in [3.8, 4) is 5.75 Å². The number of fused-ring (bicyclic) bond motifs is 1. The number of piperidine rings is 1. The summed E-state index contributed by atoms with van der Waals surface area (Å²) in [6, 6.07) is 7.81. The van der Waals surface area contributed by atoms with Crippen molar-refractivity contribution < 1.29 is 14.3 Å². The zero-order valence-corrected chi connectivity index (χ0v) is 16.2. The largest absolute Gasteiger partial charge is 0.483 e. The van der Waals surface area contributed by atoms with Gasteiger partial charge in [-0.25, -0.2) is 4.98 Å². The summed E-state index contributed by atoms with van der Waals surface area (Å²) in [6.07, 6.45) is 4.71. The van der Waals surface area contributed by atoms with E-state index in [0.29, 0.717) is 31.9 Å². The summed E-state index contributed by atoms with van der Waals surface area (Å²) in [5.74, 6) is 0.644. The van der Waals surface area contributed by atoms with Crippen LogP contribution < -0.4 is 4.74 Å². The van der Waals surface area contributed by atoms with Gasteiger partial charge < -0.3 is 14.5 Å². The molecule has 28 heavy (non-hydrogen) atoms. The monoisotopic (exact) mass is 380 g/mol. The predicted octanol–water partition coefficient (Wildman–Crippen LogP) is 2.20. The van der Waals surface area contributed by atoms with E-state index in [9.17, 15) is 9.59 Å². The second-order valence-corrected chi connectivity index (χ2v) is 7.64. The number of nitrogens with zero attached hydrogens (tertiary/aromatic N) is 4. The van der Waals surface area contributed by atoms with Crippen LogP contribution in [0.2, 0.25) is 0 Å². The van der Waals surface area contributed by atoms with E-state index < -0.39 is 5.60 Å². The van der Waals surface area contributed by atoms with Crippen LogP contribution in [0.3, 0.4) is 0 Å². The maximum Gasteiger partial charge on any atom is 0.274 e. The van der Waals surface area contributed by atoms with Crippen LogP contribution in [-0.2, 0) is 11.3 Å². The van der Waals surface area contributed by atoms with Crippen molar-refractivity contribution in [3.05, 3.63) is 53.6 Å². The van der Waals surface area contributed by atoms with Gasteiger partial charge in [-0.1, -0.05) is 18.2 Å². The van der Waals surface area contributed by atoms with Gasteiger partial charge in [-0.15, -0.1) is 0 Å². The molecular weight excluding hydrogens is 356 g/mol. The van der Waals surface area contributed by atoms with E-state index in [1.165, 1.54) is 6.20 Å². The Labute approximate surface area is 164 Å². The maximum absolute atomic E-state index is 13.0. The number of benzene rings is 1. The normalized spacial score (nSPS) is 21.6. The average Bonchev–Trinajstić information content (AvgIpc) is 2.84. The molecule has 2 aliphatic heterocycles. The Hall–Kier alpha value is -2.96. The number of aromatic nitrogens is 2. The lowest BCUT2D eigenvalue weighted by Crippen LogP contribution is -2.58. The van der Waals surface area contributed by atoms with Crippen molar-refractivity contribution in [1.82, 2.24) is 19.8 Å². The third kappa shape index (κ3) is 3.56. The number of aryl methyl sites for hydroxylation is 1. The van der Waals surface area contributed by atoms with Gasteiger partial charge in [0.2, 0.25) is 5.91 Å². The molecule has 1 aromatic carbocycles. The molecule has 1 saturated heterocycles. The van der Waals surface area contributed by atoms with Crippen molar-refractivity contribution in [1.29, 1.82) is 0 Å². The summed E-state index contributed by atoms with van der Waals surface area (Å²) in [7, 11) is 0. The Morgan fingerprint density at radius 1 is 1.11 bits per heavy atom. The van der Waals surface area contributed by atoms with Crippen molar-refractivity contribution in [2.24, 2.45) is 0 Å². The summed E-state index contributed by atoms with van der Waals surface area (Å²) in [5.41, 5.74) is 1.47. The standard InChI is InChI=1S/C21H24N4O3/c1-15-10-23-18(11-22-15)20(27)24-9-5-8-21(13-24)14-25(16(2)26)12-17-6-3-4-7-19(17)28-21/h3-4,6-7,10-11H,5,8-9,12-14H2,1-2H3. The van der Waals surface area contributed by atoms with Crippen LogP contribution in [0.4, 0.5) is 0 Å². The van der Waals surface area contributed by atoms with Crippen molar-refractivity contribution >= 4 is 11.8 Å². The summed E-state index contributed by atoms with van der Waals surface area (Å²) >= 11 is 0. The molecule has 3 heterocycles. The van der Waals surface area contributed by atoms with Crippen LogP contribution in [0.5, 0.6) is 5.75 Å². The zero-order valence-electron chi connectivity index (χ0n) is 16.2. The SMILES string of the molecule is CC(=O)N1Cc2ccccc2OC2(CCCN(C(=O)c3cnc(C)cn3)C2)C1. The summed E-state index contributed by atoms with van der Waals surface area (Å²) in [4.78, 5) is 37.2. The molecule has 2 aliphatic rings. The number of ether oxygens (including phenoxy) is 1. The fourth-order valence-corrected chi connectivity index (χ4v) is 3.98. The maximum atomic E-state index is 13.0. The van der Waals surface area contributed by atoms with Gasteiger partial charge in [0.1, 0.15) is 17.0 Å². The summed E-state index contributed by atoms with van der Waals surface area (Å²) in [6.45, 7) is 5.45. The molecule has 1 fully saturated rings. The topological polar surface area (TPSA) is 75.6 Å². The number of carbonyl (C=O) groups is 2. The molecule has 0 N–H and O–H groups in total. The molecule has 1 spiro atoms. The average molecular weight is 380 g/mol. The molecular formula is C21H24N4O3. The van der Waals surface area contributed by atoms with Crippen LogP contribution in [0, 0.1) is 6.92 Å². The van der Waals surface area contributed by atoms with E-state index in [0.717, 1.165) is 29.8 Å². The lowest BCUT2D eigenvalue weighted by atomic mass is 9.91. The third-order valence-corrected chi connectivity index (χ3v) is 5.41. The molecule has 0 radical (unpaired) electrons. The molecule has 146 valence electrons. The molecule has 1 aromatic heterocycles. The highest BCUT2D eigenvalue weighted by molar-refractivity contribution is 5.92. The molecule has 1 unspecified atom stereocenters. The minimum absolute atomic E-state index is 0.00697. The summed E-state index contributed by atoms with van der Waals surface area (Å²) in [5, 5.41) is 0. The van der Waals surface area contributed by atoms with Crippen LogP contribution in [0.25, 0.3) is 0 Å². The number of likely N-dealkylation sites (tertiary alicyclic amines) is 1. The van der Waals surface area contributed by atoms with Gasteiger partial charge in [0, 0.05) is 31.8 Å². The van der Waals surface area contributed by atoms with E-state index >= 15 is 0 Å². The van der Waals surface area contributed by atoms with E-state index in [1.54, 1.807) is 18.0 Å². The van der Waals surface area contributed by atoms with Gasteiger partial charge in [-0.05, 0) is 25.8 Å². The Morgan fingerprint density at radius 3 is 2.64 bits per heavy atom. The molecule has 0 saturated carbocycles. The first kappa shape index (κ1) is 18.4. The zero-order chi connectivity index (χ0) is 19.7. The number of carbonyl (C=O) groups excluding carboxylic acids is 2. The van der Waals surface area contributed by atoms with Crippen LogP contribution >= 0.6 is 0 Å². The van der Waals surface area contributed by atoms with Gasteiger partial charge in [-0.2, -0.15) is 0 Å². The van der Waals surface area contributed by atoms with Gasteiger partial charge in [-0.3, -0.25) is 14.6 Å². The number of hydrogen-bond acceptors (Lipinski definition) is 5. The van der Waals surface area contributed by atoms with E-state index in [-0.39, 0.29) is 11.8 Å². The highest BCUT2D eigenvalue weighted by Gasteiger charge is 2.43. The highest BCUT2D eigenvalue weighted by Crippen LogP contribution is 2.35. The molecule has 2 amide bonds. The fraction of sp³-hybridized carbons (Fsp3) is 0.429. The Morgan fingerprint density at radius 2 is 1.89 bits per heavy atom. The number of para-hydroxylation sites is 1. The number of hydrogen-bond donors (Lipinski definition) is 0. The minimum Gasteiger partial charge on any atom is -0.483 e. The molecule has 0 bridgehead atoms. The smallest absolute Gasteiger partial charge is 0.274 e. The molecule has 0 aliphatic carbocycles. The van der Waals surface area contributed by atoms with Gasteiger partial charge in [0.15, 0.2) is 0 Å². The Balaban J connectivity index is 1.63. The minimum atomic E-state index is -0.621. The number of amides is 2. The van der Waals surface area contributed by atoms with E-state index in [1.807, 2.05) is 36.1 Å². The third-order valence-electron chi connectivity index (χ3n) is 5.41. The molecule has 7 nitrogen and oxygen atoms in total. The van der Waals surface area contributed by atoms with Gasteiger partial charge in [0.25, 0.3) is 5.91 Å². The van der Waals surface area contributed by atoms with E-state index in [2.05, 4.69) is 9.97 Å². The quantitative estimate of drug-likeness (QED) is 0.758.